The molecule has 0 N–H and O–H groups in total. The molecule has 1 aliphatic heterocycles. The lowest BCUT2D eigenvalue weighted by Gasteiger charge is -2.39. The maximum atomic E-state index is 12.9. The van der Waals surface area contributed by atoms with Crippen molar-refractivity contribution in [3.63, 3.8) is 0 Å². The number of rotatable bonds is 9. The second-order valence-corrected chi connectivity index (χ2v) is 10.2. The third-order valence-corrected chi connectivity index (χ3v) is 6.31. The smallest absolute Gasteiger partial charge is 0.227 e. The molecule has 0 aromatic heterocycles. The van der Waals surface area contributed by atoms with Crippen molar-refractivity contribution in [2.75, 3.05) is 20.3 Å². The lowest BCUT2D eigenvalue weighted by Crippen LogP contribution is -2.41. The Labute approximate surface area is 186 Å². The number of hydrogen-bond donors (Lipinski definition) is 0. The Morgan fingerprint density at radius 1 is 1.27 bits per heavy atom. The summed E-state index contributed by atoms with van der Waals surface area (Å²) in [6.07, 6.45) is 5.37. The first kappa shape index (κ1) is 24.6. The quantitative estimate of drug-likeness (QED) is 0.501. The van der Waals surface area contributed by atoms with Crippen LogP contribution in [0.2, 0.25) is 5.02 Å². The molecule has 4 nitrogen and oxygen atoms in total. The molecule has 0 spiro atoms. The van der Waals surface area contributed by atoms with Crippen molar-refractivity contribution in [3.8, 4) is 0 Å². The summed E-state index contributed by atoms with van der Waals surface area (Å²) >= 11 is 6.66. The number of carbonyl (C=O) groups excluding carboxylic acids is 2. The van der Waals surface area contributed by atoms with Crippen LogP contribution in [0, 0.1) is 5.41 Å². The van der Waals surface area contributed by atoms with Crippen LogP contribution < -0.4 is 0 Å². The van der Waals surface area contributed by atoms with Crippen molar-refractivity contribution < 1.29 is 14.3 Å². The van der Waals surface area contributed by atoms with Gasteiger partial charge < -0.3 is 9.64 Å². The average Bonchev–Trinajstić information content (AvgIpc) is 2.64. The van der Waals surface area contributed by atoms with Gasteiger partial charge in [0, 0.05) is 49.7 Å². The summed E-state index contributed by atoms with van der Waals surface area (Å²) in [5, 5.41) is 0.760. The van der Waals surface area contributed by atoms with Crippen LogP contribution in [0.5, 0.6) is 0 Å². The predicted octanol–water partition coefficient (Wildman–Crippen LogP) is 5.71. The molecule has 1 aromatic carbocycles. The molecule has 5 heteroatoms. The minimum absolute atomic E-state index is 0.0350. The van der Waals surface area contributed by atoms with E-state index < -0.39 is 5.41 Å². The molecule has 0 radical (unpaired) electrons. The van der Waals surface area contributed by atoms with Gasteiger partial charge in [-0.25, -0.2) is 0 Å². The van der Waals surface area contributed by atoms with Gasteiger partial charge in [0.15, 0.2) is 0 Å². The Morgan fingerprint density at radius 3 is 2.53 bits per heavy atom. The van der Waals surface area contributed by atoms with Crippen molar-refractivity contribution in [1.29, 1.82) is 0 Å². The Kier molecular flexibility index (Phi) is 8.29. The van der Waals surface area contributed by atoms with Gasteiger partial charge in [0.1, 0.15) is 5.78 Å². The second kappa shape index (κ2) is 10.1. The maximum Gasteiger partial charge on any atom is 0.227 e. The summed E-state index contributed by atoms with van der Waals surface area (Å²) in [5.41, 5.74) is 3.14. The lowest BCUT2D eigenvalue weighted by molar-refractivity contribution is -0.131. The van der Waals surface area contributed by atoms with Gasteiger partial charge >= 0.3 is 0 Å². The fourth-order valence-electron chi connectivity index (χ4n) is 3.83. The van der Waals surface area contributed by atoms with Crippen LogP contribution in [0.4, 0.5) is 0 Å². The van der Waals surface area contributed by atoms with Gasteiger partial charge in [0.05, 0.1) is 0 Å². The van der Waals surface area contributed by atoms with E-state index in [4.69, 9.17) is 16.3 Å². The monoisotopic (exact) mass is 433 g/mol. The zero-order chi connectivity index (χ0) is 22.5. The summed E-state index contributed by atoms with van der Waals surface area (Å²) in [5.74, 6) is 0.119. The van der Waals surface area contributed by atoms with Crippen LogP contribution in [0.15, 0.2) is 30.0 Å². The van der Waals surface area contributed by atoms with Gasteiger partial charge in [-0.3, -0.25) is 9.59 Å². The summed E-state index contributed by atoms with van der Waals surface area (Å²) < 4.78 is 5.32. The third-order valence-electron chi connectivity index (χ3n) is 5.96. The van der Waals surface area contributed by atoms with Crippen molar-refractivity contribution in [1.82, 2.24) is 4.90 Å². The van der Waals surface area contributed by atoms with E-state index in [-0.39, 0.29) is 17.1 Å². The number of hydrogen-bond acceptors (Lipinski definition) is 3. The van der Waals surface area contributed by atoms with E-state index in [1.54, 1.807) is 18.9 Å². The average molecular weight is 434 g/mol. The highest BCUT2D eigenvalue weighted by molar-refractivity contribution is 6.31. The molecule has 1 aliphatic rings. The first-order valence-corrected chi connectivity index (χ1v) is 11.1. The fourth-order valence-corrected chi connectivity index (χ4v) is 4.11. The lowest BCUT2D eigenvalue weighted by atomic mass is 9.70. The molecule has 0 fully saturated rings. The fraction of sp³-hybridized carbons (Fsp3) is 0.600. The number of halogens is 1. The minimum atomic E-state index is -0.436. The number of carbonyl (C=O) groups is 2. The number of aryl methyl sites for hydroxylation is 1. The molecule has 1 amide bonds. The Morgan fingerprint density at radius 2 is 1.97 bits per heavy atom. The van der Waals surface area contributed by atoms with Crippen molar-refractivity contribution >= 4 is 23.3 Å². The topological polar surface area (TPSA) is 46.6 Å². The van der Waals surface area contributed by atoms with Crippen molar-refractivity contribution in [2.24, 2.45) is 5.41 Å². The van der Waals surface area contributed by atoms with Gasteiger partial charge in [0.2, 0.25) is 5.91 Å². The molecule has 2 rings (SSSR count). The summed E-state index contributed by atoms with van der Waals surface area (Å²) in [4.78, 5) is 26.0. The molecule has 0 aliphatic carbocycles. The van der Waals surface area contributed by atoms with Gasteiger partial charge in [-0.05, 0) is 54.4 Å². The highest BCUT2D eigenvalue weighted by atomic mass is 35.5. The Balaban J connectivity index is 2.34. The number of amides is 1. The van der Waals surface area contributed by atoms with Crippen molar-refractivity contribution in [3.05, 3.63) is 46.1 Å². The van der Waals surface area contributed by atoms with Gasteiger partial charge in [-0.1, -0.05) is 51.4 Å². The molecule has 1 heterocycles. The molecule has 0 bridgehead atoms. The van der Waals surface area contributed by atoms with Crippen LogP contribution in [-0.2, 0) is 26.2 Å². The predicted molar refractivity (Wildman–Crippen MR) is 123 cm³/mol. The molecule has 1 atom stereocenters. The number of ether oxygens (including phenoxy) is 1. The minimum Gasteiger partial charge on any atom is -0.384 e. The molecular formula is C25H36ClNO3. The van der Waals surface area contributed by atoms with Gasteiger partial charge in [-0.2, -0.15) is 0 Å². The van der Waals surface area contributed by atoms with Crippen LogP contribution in [0.1, 0.15) is 71.4 Å². The van der Waals surface area contributed by atoms with E-state index in [1.807, 2.05) is 12.3 Å². The molecule has 30 heavy (non-hydrogen) atoms. The zero-order valence-corrected chi connectivity index (χ0v) is 20.1. The van der Waals surface area contributed by atoms with Gasteiger partial charge in [-0.15, -0.1) is 0 Å². The van der Waals surface area contributed by atoms with E-state index in [0.29, 0.717) is 26.0 Å². The first-order chi connectivity index (χ1) is 14.0. The van der Waals surface area contributed by atoms with E-state index in [9.17, 15) is 9.59 Å². The molecule has 0 saturated heterocycles. The van der Waals surface area contributed by atoms with Crippen molar-refractivity contribution in [2.45, 2.75) is 72.1 Å². The highest BCUT2D eigenvalue weighted by Crippen LogP contribution is 2.42. The SMILES string of the molecule is COCCC1=CN(CCC(C)=O)C(=O)C[C@@]1(C)c1ccc(CCC(C)(C)C)c(Cl)c1. The second-order valence-electron chi connectivity index (χ2n) is 9.81. The van der Waals surface area contributed by atoms with Crippen LogP contribution in [0.25, 0.3) is 0 Å². The summed E-state index contributed by atoms with van der Waals surface area (Å²) in [7, 11) is 1.68. The van der Waals surface area contributed by atoms with E-state index >= 15 is 0 Å². The van der Waals surface area contributed by atoms with E-state index in [0.717, 1.165) is 41.0 Å². The number of ketones is 1. The zero-order valence-electron chi connectivity index (χ0n) is 19.3. The number of benzene rings is 1. The maximum absolute atomic E-state index is 12.9. The molecular weight excluding hydrogens is 398 g/mol. The standard InChI is InChI=1S/C25H36ClNO3/c1-18(28)10-13-27-17-21(11-14-30-6)25(5,16-23(27)29)20-8-7-19(22(26)15-20)9-12-24(2,3)4/h7-8,15,17H,9-14,16H2,1-6H3/t25-/m0/s1. The molecule has 166 valence electrons. The summed E-state index contributed by atoms with van der Waals surface area (Å²) in [6, 6.07) is 6.25. The van der Waals surface area contributed by atoms with Crippen LogP contribution in [-0.4, -0.2) is 36.9 Å². The highest BCUT2D eigenvalue weighted by Gasteiger charge is 2.39. The number of methoxy groups -OCH3 is 1. The number of nitrogens with zero attached hydrogens (tertiary/aromatic N) is 1. The Hall–Kier alpha value is -1.65. The largest absolute Gasteiger partial charge is 0.384 e. The molecule has 0 unspecified atom stereocenters. The molecule has 0 saturated carbocycles. The molecule has 1 aromatic rings. The number of Topliss-reactive ketones (excluding diaryl/α,β-unsaturated/α-hetero) is 1. The van der Waals surface area contributed by atoms with Crippen LogP contribution in [0.3, 0.4) is 0 Å². The van der Waals surface area contributed by atoms with Crippen LogP contribution >= 0.6 is 11.6 Å². The van der Waals surface area contributed by atoms with E-state index in [1.165, 1.54) is 0 Å². The van der Waals surface area contributed by atoms with E-state index in [2.05, 4.69) is 39.8 Å². The Bertz CT molecular complexity index is 809. The normalized spacial score (nSPS) is 19.8. The third kappa shape index (κ3) is 6.42. The van der Waals surface area contributed by atoms with Gasteiger partial charge in [0.25, 0.3) is 0 Å². The first-order valence-electron chi connectivity index (χ1n) is 10.7. The summed E-state index contributed by atoms with van der Waals surface area (Å²) in [6.45, 7) is 11.4.